The molecule has 1 atom stereocenters. The average molecular weight is 675 g/mol. The average Bonchev–Trinajstić information content (AvgIpc) is 3.44. The summed E-state index contributed by atoms with van der Waals surface area (Å²) < 4.78 is 0. The number of aromatic nitrogens is 1. The van der Waals surface area contributed by atoms with E-state index in [2.05, 4.69) is 34.8 Å². The van der Waals surface area contributed by atoms with Gasteiger partial charge in [-0.3, -0.25) is 14.4 Å². The summed E-state index contributed by atoms with van der Waals surface area (Å²) in [6, 6.07) is 32.1. The van der Waals surface area contributed by atoms with E-state index < -0.39 is 11.2 Å². The van der Waals surface area contributed by atoms with Crippen LogP contribution in [-0.2, 0) is 9.59 Å². The fraction of sp³-hybridized carbons (Fsp3) is 0.179. The topological polar surface area (TPSA) is 100 Å². The van der Waals surface area contributed by atoms with Crippen molar-refractivity contribution in [3.63, 3.8) is 0 Å². The van der Waals surface area contributed by atoms with Crippen LogP contribution in [0.15, 0.2) is 114 Å². The Balaban J connectivity index is 1.27. The maximum absolute atomic E-state index is 13.6. The van der Waals surface area contributed by atoms with Crippen LogP contribution in [0.4, 0.5) is 10.8 Å². The van der Waals surface area contributed by atoms with Gasteiger partial charge < -0.3 is 16.0 Å². The van der Waals surface area contributed by atoms with E-state index in [0.29, 0.717) is 22.3 Å². The molecule has 0 fully saturated rings. The number of hydrogen-bond acceptors (Lipinski definition) is 6. The Bertz CT molecular complexity index is 1930. The Morgan fingerprint density at radius 1 is 0.812 bits per heavy atom. The molecule has 0 radical (unpaired) electrons. The van der Waals surface area contributed by atoms with Crippen LogP contribution in [0.1, 0.15) is 58.6 Å². The van der Waals surface area contributed by atoms with Gasteiger partial charge in [-0.2, -0.15) is 0 Å². The predicted octanol–water partition coefficient (Wildman–Crippen LogP) is 9.08. The van der Waals surface area contributed by atoms with E-state index in [1.54, 1.807) is 36.4 Å². The number of thioether (sulfide) groups is 1. The lowest BCUT2D eigenvalue weighted by molar-refractivity contribution is -0.115. The number of thiazole rings is 1. The van der Waals surface area contributed by atoms with Gasteiger partial charge in [0.15, 0.2) is 5.13 Å². The maximum atomic E-state index is 13.6. The van der Waals surface area contributed by atoms with Gasteiger partial charge in [-0.1, -0.05) is 92.2 Å². The second-order valence-corrected chi connectivity index (χ2v) is 14.3. The third-order valence-corrected chi connectivity index (χ3v) is 9.55. The van der Waals surface area contributed by atoms with Gasteiger partial charge in [-0.05, 0) is 74.2 Å². The van der Waals surface area contributed by atoms with E-state index in [1.807, 2.05) is 93.6 Å². The van der Waals surface area contributed by atoms with Crippen LogP contribution in [0.5, 0.6) is 0 Å². The van der Waals surface area contributed by atoms with Crippen molar-refractivity contribution in [3.05, 3.63) is 136 Å². The first-order chi connectivity index (χ1) is 23.0. The van der Waals surface area contributed by atoms with Gasteiger partial charge in [0, 0.05) is 26.6 Å². The zero-order chi connectivity index (χ0) is 34.2. The molecule has 1 unspecified atom stereocenters. The van der Waals surface area contributed by atoms with E-state index in [9.17, 15) is 14.4 Å². The number of aryl methyl sites for hydroxylation is 2. The van der Waals surface area contributed by atoms with Crippen LogP contribution in [0, 0.1) is 13.8 Å². The van der Waals surface area contributed by atoms with E-state index >= 15 is 0 Å². The van der Waals surface area contributed by atoms with Crippen molar-refractivity contribution in [3.8, 4) is 11.3 Å². The van der Waals surface area contributed by atoms with Crippen LogP contribution in [0.25, 0.3) is 17.3 Å². The van der Waals surface area contributed by atoms with Gasteiger partial charge in [0.05, 0.1) is 10.9 Å². The highest BCUT2D eigenvalue weighted by Gasteiger charge is 2.19. The second kappa shape index (κ2) is 15.7. The molecule has 1 aromatic heterocycles. The number of hydrogen-bond donors (Lipinski definition) is 3. The number of carbonyl (C=O) groups excluding carboxylic acids is 3. The van der Waals surface area contributed by atoms with E-state index in [0.717, 1.165) is 26.6 Å². The molecule has 5 rings (SSSR count). The van der Waals surface area contributed by atoms with Crippen molar-refractivity contribution in [2.75, 3.05) is 10.6 Å². The molecule has 244 valence electrons. The first-order valence-corrected chi connectivity index (χ1v) is 17.4. The Hall–Kier alpha value is -4.99. The minimum absolute atomic E-state index is 0.107. The van der Waals surface area contributed by atoms with Crippen LogP contribution in [-0.4, -0.2) is 28.0 Å². The lowest BCUT2D eigenvalue weighted by atomic mass is 10.0. The van der Waals surface area contributed by atoms with E-state index in [-0.39, 0.29) is 17.5 Å². The van der Waals surface area contributed by atoms with Gasteiger partial charge in [0.2, 0.25) is 5.91 Å². The third-order valence-electron chi connectivity index (χ3n) is 7.57. The Labute approximate surface area is 289 Å². The quantitative estimate of drug-likeness (QED) is 0.0959. The zero-order valence-corrected chi connectivity index (χ0v) is 29.2. The molecule has 0 spiro atoms. The standard InChI is InChI=1S/C39H38N4O3S2/c1-24(2)29-20-16-28(17-21-29)22-34(41-37(45)31-10-7-6-8-11-31)38(46)40-32-12-9-13-33(23-32)47-27(5)36(44)43-39-42-35(26(4)48-39)30-18-14-25(3)15-19-30/h6-24,27H,1-5H3,(H,40,46)(H,41,45)(H,42,43,44)/b34-22+. The summed E-state index contributed by atoms with van der Waals surface area (Å²) in [5.74, 6) is -0.656. The van der Waals surface area contributed by atoms with Gasteiger partial charge in [-0.25, -0.2) is 4.98 Å². The van der Waals surface area contributed by atoms with Crippen LogP contribution < -0.4 is 16.0 Å². The number of nitrogens with zero attached hydrogens (tertiary/aromatic N) is 1. The third kappa shape index (κ3) is 9.08. The Kier molecular flexibility index (Phi) is 11.3. The lowest BCUT2D eigenvalue weighted by Crippen LogP contribution is -2.30. The molecule has 0 saturated carbocycles. The largest absolute Gasteiger partial charge is 0.321 e. The highest BCUT2D eigenvalue weighted by atomic mass is 32.2. The second-order valence-electron chi connectivity index (χ2n) is 11.7. The molecular weight excluding hydrogens is 637 g/mol. The van der Waals surface area contributed by atoms with E-state index in [4.69, 9.17) is 0 Å². The SMILES string of the molecule is Cc1ccc(-c2nc(NC(=O)C(C)Sc3cccc(NC(=O)/C(=C\c4ccc(C(C)C)cc4)NC(=O)c4ccccc4)c3)sc2C)cc1. The summed E-state index contributed by atoms with van der Waals surface area (Å²) in [6.07, 6.45) is 1.66. The van der Waals surface area contributed by atoms with Crippen molar-refractivity contribution in [1.82, 2.24) is 10.3 Å². The fourth-order valence-corrected chi connectivity index (χ4v) is 6.59. The van der Waals surface area contributed by atoms with E-state index in [1.165, 1.54) is 34.2 Å². The molecule has 0 aliphatic carbocycles. The van der Waals surface area contributed by atoms with Crippen LogP contribution in [0.3, 0.4) is 0 Å². The zero-order valence-electron chi connectivity index (χ0n) is 27.5. The number of anilines is 2. The summed E-state index contributed by atoms with van der Waals surface area (Å²) in [5.41, 5.74) is 6.09. The Morgan fingerprint density at radius 2 is 1.52 bits per heavy atom. The molecule has 0 saturated heterocycles. The predicted molar refractivity (Wildman–Crippen MR) is 198 cm³/mol. The molecular formula is C39H38N4O3S2. The molecule has 4 aromatic carbocycles. The minimum Gasteiger partial charge on any atom is -0.321 e. The molecule has 3 N–H and O–H groups in total. The molecule has 48 heavy (non-hydrogen) atoms. The molecule has 1 heterocycles. The Morgan fingerprint density at radius 3 is 2.21 bits per heavy atom. The summed E-state index contributed by atoms with van der Waals surface area (Å²) in [5, 5.41) is 8.79. The molecule has 3 amide bonds. The molecule has 0 bridgehead atoms. The van der Waals surface area contributed by atoms with Crippen molar-refractivity contribution in [2.24, 2.45) is 0 Å². The van der Waals surface area contributed by atoms with Crippen molar-refractivity contribution < 1.29 is 14.4 Å². The summed E-state index contributed by atoms with van der Waals surface area (Å²) in [7, 11) is 0. The number of nitrogens with one attached hydrogen (secondary N) is 3. The normalized spacial score (nSPS) is 12.0. The first kappa shape index (κ1) is 34.3. The molecule has 7 nitrogen and oxygen atoms in total. The van der Waals surface area contributed by atoms with Crippen molar-refractivity contribution >= 4 is 57.7 Å². The van der Waals surface area contributed by atoms with Crippen molar-refractivity contribution in [1.29, 1.82) is 0 Å². The summed E-state index contributed by atoms with van der Waals surface area (Å²) in [4.78, 5) is 46.3. The molecule has 0 aliphatic heterocycles. The van der Waals surface area contributed by atoms with Gasteiger partial charge >= 0.3 is 0 Å². The lowest BCUT2D eigenvalue weighted by Gasteiger charge is -2.14. The maximum Gasteiger partial charge on any atom is 0.272 e. The van der Waals surface area contributed by atoms with Gasteiger partial charge in [0.25, 0.3) is 11.8 Å². The number of amides is 3. The number of rotatable bonds is 11. The minimum atomic E-state index is -0.469. The smallest absolute Gasteiger partial charge is 0.272 e. The molecule has 9 heteroatoms. The number of benzene rings is 4. The van der Waals surface area contributed by atoms with Crippen molar-refractivity contribution in [2.45, 2.75) is 50.7 Å². The summed E-state index contributed by atoms with van der Waals surface area (Å²) >= 11 is 2.82. The number of carbonyl (C=O) groups is 3. The fourth-order valence-electron chi connectivity index (χ4n) is 4.83. The molecule has 5 aromatic rings. The highest BCUT2D eigenvalue weighted by Crippen LogP contribution is 2.32. The highest BCUT2D eigenvalue weighted by molar-refractivity contribution is 8.00. The van der Waals surface area contributed by atoms with Gasteiger partial charge in [0.1, 0.15) is 5.70 Å². The molecule has 0 aliphatic rings. The van der Waals surface area contributed by atoms with Crippen LogP contribution in [0.2, 0.25) is 0 Å². The van der Waals surface area contributed by atoms with Crippen LogP contribution >= 0.6 is 23.1 Å². The summed E-state index contributed by atoms with van der Waals surface area (Å²) in [6.45, 7) is 10.1. The van der Waals surface area contributed by atoms with Gasteiger partial charge in [-0.15, -0.1) is 23.1 Å². The first-order valence-electron chi connectivity index (χ1n) is 15.7. The monoisotopic (exact) mass is 674 g/mol.